The molecule has 3 nitrogen and oxygen atoms in total. The van der Waals surface area contributed by atoms with Crippen molar-refractivity contribution in [3.8, 4) is 0 Å². The Morgan fingerprint density at radius 1 is 1.25 bits per heavy atom. The van der Waals surface area contributed by atoms with E-state index >= 15 is 0 Å². The second-order valence-corrected chi connectivity index (χ2v) is 5.48. The number of nitrogens with zero attached hydrogens (tertiary/aromatic N) is 2. The van der Waals surface area contributed by atoms with Gasteiger partial charge in [0.15, 0.2) is 3.83 Å². The largest absolute Gasteiger partial charge is 0.361 e. The van der Waals surface area contributed by atoms with E-state index in [1.54, 1.807) is 0 Å². The van der Waals surface area contributed by atoms with Gasteiger partial charge in [0.25, 0.3) is 0 Å². The molecule has 1 heterocycles. The van der Waals surface area contributed by atoms with Crippen LogP contribution in [0, 0.1) is 3.83 Å². The number of hydrogen-bond acceptors (Lipinski definition) is 2. The minimum absolute atomic E-state index is 0.466. The van der Waals surface area contributed by atoms with E-state index in [2.05, 4.69) is 59.8 Å². The third-order valence-electron chi connectivity index (χ3n) is 2.51. The molecule has 1 rings (SSSR count). The lowest BCUT2D eigenvalue weighted by Gasteiger charge is -2.14. The van der Waals surface area contributed by atoms with E-state index in [-0.39, 0.29) is 0 Å². The molecule has 0 radical (unpaired) electrons. The molecule has 0 N–H and O–H groups in total. The van der Waals surface area contributed by atoms with Gasteiger partial charge in [-0.25, -0.2) is 4.98 Å². The van der Waals surface area contributed by atoms with Crippen LogP contribution in [0.3, 0.4) is 0 Å². The van der Waals surface area contributed by atoms with Crippen molar-refractivity contribution in [2.24, 2.45) is 0 Å². The predicted molar refractivity (Wildman–Crippen MR) is 74.7 cm³/mol. The van der Waals surface area contributed by atoms with Crippen LogP contribution in [0.5, 0.6) is 0 Å². The molecule has 0 aliphatic rings. The van der Waals surface area contributed by atoms with Gasteiger partial charge in [-0.15, -0.1) is 0 Å². The van der Waals surface area contributed by atoms with Gasteiger partial charge in [-0.1, -0.05) is 27.7 Å². The van der Waals surface area contributed by atoms with E-state index in [0.717, 1.165) is 10.4 Å². The molecular weight excluding hydrogens is 315 g/mol. The third-order valence-corrected chi connectivity index (χ3v) is 3.33. The van der Waals surface area contributed by atoms with Gasteiger partial charge in [-0.2, -0.15) is 0 Å². The first-order chi connectivity index (χ1) is 7.49. The third kappa shape index (κ3) is 2.97. The second kappa shape index (κ2) is 6.00. The summed E-state index contributed by atoms with van der Waals surface area (Å²) in [6, 6.07) is 0. The van der Waals surface area contributed by atoms with E-state index in [4.69, 9.17) is 4.74 Å². The normalized spacial score (nSPS) is 11.8. The summed E-state index contributed by atoms with van der Waals surface area (Å²) in [5, 5.41) is 0. The highest BCUT2D eigenvalue weighted by Crippen LogP contribution is 2.27. The Hall–Kier alpha value is -0.100. The molecule has 0 aliphatic carbocycles. The lowest BCUT2D eigenvalue weighted by Crippen LogP contribution is -2.10. The molecule has 0 bridgehead atoms. The van der Waals surface area contributed by atoms with Crippen molar-refractivity contribution in [2.45, 2.75) is 53.2 Å². The van der Waals surface area contributed by atoms with E-state index in [9.17, 15) is 0 Å². The molecule has 0 amide bonds. The maximum absolute atomic E-state index is 5.50. The molecule has 0 saturated heterocycles. The van der Waals surface area contributed by atoms with Gasteiger partial charge in [0.2, 0.25) is 0 Å². The fraction of sp³-hybridized carbons (Fsp3) is 0.750. The van der Waals surface area contributed by atoms with Gasteiger partial charge in [-0.3, -0.25) is 4.57 Å². The molecule has 0 aromatic carbocycles. The molecule has 0 unspecified atom stereocenters. The van der Waals surface area contributed by atoms with Crippen LogP contribution in [0.15, 0.2) is 0 Å². The number of imidazole rings is 1. The standard InChI is InChI=1S/C12H21IN2O/c1-6-16-7-15-11(9(4)5)10(8(2)3)14-12(15)13/h8-9H,6-7H2,1-5H3. The van der Waals surface area contributed by atoms with Crippen LogP contribution in [0.1, 0.15) is 57.8 Å². The molecule has 0 saturated carbocycles. The summed E-state index contributed by atoms with van der Waals surface area (Å²) in [6.45, 7) is 12.2. The molecule has 1 aromatic rings. The van der Waals surface area contributed by atoms with Crippen molar-refractivity contribution >= 4 is 22.6 Å². The summed E-state index contributed by atoms with van der Waals surface area (Å²) in [5.74, 6) is 0.947. The number of aromatic nitrogens is 2. The summed E-state index contributed by atoms with van der Waals surface area (Å²) in [7, 11) is 0. The Labute approximate surface area is 112 Å². The maximum Gasteiger partial charge on any atom is 0.173 e. The van der Waals surface area contributed by atoms with Gasteiger partial charge in [-0.05, 0) is 18.8 Å². The van der Waals surface area contributed by atoms with Crippen LogP contribution >= 0.6 is 22.6 Å². The van der Waals surface area contributed by atoms with Crippen molar-refractivity contribution in [1.82, 2.24) is 9.55 Å². The van der Waals surface area contributed by atoms with Crippen LogP contribution in [0.25, 0.3) is 0 Å². The number of rotatable bonds is 5. The summed E-state index contributed by atoms with van der Waals surface area (Å²) >= 11 is 2.29. The number of hydrogen-bond donors (Lipinski definition) is 0. The predicted octanol–water partition coefficient (Wildman–Crippen LogP) is 3.73. The van der Waals surface area contributed by atoms with Gasteiger partial charge < -0.3 is 4.74 Å². The van der Waals surface area contributed by atoms with Crippen LogP contribution in [0.2, 0.25) is 0 Å². The average Bonchev–Trinajstić information content (AvgIpc) is 2.52. The quantitative estimate of drug-likeness (QED) is 0.766. The first-order valence-electron chi connectivity index (χ1n) is 5.82. The van der Waals surface area contributed by atoms with Crippen molar-refractivity contribution in [1.29, 1.82) is 0 Å². The van der Waals surface area contributed by atoms with Gasteiger partial charge >= 0.3 is 0 Å². The zero-order valence-electron chi connectivity index (χ0n) is 10.7. The summed E-state index contributed by atoms with van der Waals surface area (Å²) in [6.07, 6.45) is 0. The number of halogens is 1. The first kappa shape index (κ1) is 14.0. The molecule has 0 aliphatic heterocycles. The Balaban J connectivity index is 3.13. The highest BCUT2D eigenvalue weighted by atomic mass is 127. The van der Waals surface area contributed by atoms with E-state index in [0.29, 0.717) is 18.6 Å². The minimum Gasteiger partial charge on any atom is -0.361 e. The lowest BCUT2D eigenvalue weighted by molar-refractivity contribution is 0.0835. The van der Waals surface area contributed by atoms with Crippen LogP contribution in [0.4, 0.5) is 0 Å². The lowest BCUT2D eigenvalue weighted by atomic mass is 10.0. The summed E-state index contributed by atoms with van der Waals surface area (Å²) in [5.41, 5.74) is 2.52. The molecule has 0 fully saturated rings. The number of ether oxygens (including phenoxy) is 1. The fourth-order valence-corrected chi connectivity index (χ4v) is 2.45. The molecular formula is C12H21IN2O. The van der Waals surface area contributed by atoms with Gasteiger partial charge in [0.1, 0.15) is 6.73 Å². The summed E-state index contributed by atoms with van der Waals surface area (Å²) in [4.78, 5) is 4.65. The van der Waals surface area contributed by atoms with Crippen molar-refractivity contribution < 1.29 is 4.74 Å². The highest BCUT2D eigenvalue weighted by Gasteiger charge is 2.20. The topological polar surface area (TPSA) is 27.1 Å². The van der Waals surface area contributed by atoms with Crippen molar-refractivity contribution in [2.75, 3.05) is 6.61 Å². The second-order valence-electron chi connectivity index (χ2n) is 4.51. The van der Waals surface area contributed by atoms with Gasteiger partial charge in [0, 0.05) is 34.9 Å². The van der Waals surface area contributed by atoms with Crippen LogP contribution < -0.4 is 0 Å². The van der Waals surface area contributed by atoms with E-state index in [1.165, 1.54) is 11.4 Å². The Bertz CT molecular complexity index is 345. The molecule has 92 valence electrons. The van der Waals surface area contributed by atoms with Crippen LogP contribution in [-0.2, 0) is 11.5 Å². The molecule has 0 spiro atoms. The van der Waals surface area contributed by atoms with E-state index < -0.39 is 0 Å². The smallest absolute Gasteiger partial charge is 0.173 e. The molecule has 1 aromatic heterocycles. The van der Waals surface area contributed by atoms with Crippen LogP contribution in [-0.4, -0.2) is 16.2 Å². The molecule has 0 atom stereocenters. The Morgan fingerprint density at radius 2 is 1.88 bits per heavy atom. The SMILES string of the molecule is CCOCn1c(I)nc(C(C)C)c1C(C)C. The zero-order valence-corrected chi connectivity index (χ0v) is 12.9. The van der Waals surface area contributed by atoms with Gasteiger partial charge in [0.05, 0.1) is 5.69 Å². The molecule has 4 heteroatoms. The Kier molecular flexibility index (Phi) is 5.24. The van der Waals surface area contributed by atoms with Crippen molar-refractivity contribution in [3.05, 3.63) is 15.2 Å². The minimum atomic E-state index is 0.466. The maximum atomic E-state index is 5.50. The Morgan fingerprint density at radius 3 is 2.31 bits per heavy atom. The monoisotopic (exact) mass is 336 g/mol. The molecule has 16 heavy (non-hydrogen) atoms. The zero-order chi connectivity index (χ0) is 12.3. The highest BCUT2D eigenvalue weighted by molar-refractivity contribution is 14.1. The first-order valence-corrected chi connectivity index (χ1v) is 6.90. The van der Waals surface area contributed by atoms with Crippen molar-refractivity contribution in [3.63, 3.8) is 0 Å². The average molecular weight is 336 g/mol. The van der Waals surface area contributed by atoms with E-state index in [1.807, 2.05) is 6.92 Å². The fourth-order valence-electron chi connectivity index (χ4n) is 1.79. The summed E-state index contributed by atoms with van der Waals surface area (Å²) < 4.78 is 8.71.